The number of nitriles is 1. The topological polar surface area (TPSA) is 130 Å². The molecule has 0 bridgehead atoms. The van der Waals surface area contributed by atoms with Crippen molar-refractivity contribution >= 4 is 17.6 Å². The predicted octanol–water partition coefficient (Wildman–Crippen LogP) is 0.440. The van der Waals surface area contributed by atoms with Crippen LogP contribution >= 0.6 is 0 Å². The maximum absolute atomic E-state index is 11.9. The number of nitrogens with zero attached hydrogens (tertiary/aromatic N) is 2. The molecule has 0 saturated carbocycles. The Hall–Kier alpha value is -3.31. The molecule has 0 radical (unpaired) electrons. The largest absolute Gasteiger partial charge is 0.464 e. The highest BCUT2D eigenvalue weighted by Gasteiger charge is 2.21. The molecule has 0 atom stereocenters. The van der Waals surface area contributed by atoms with E-state index in [1.54, 1.807) is 24.3 Å². The molecule has 8 nitrogen and oxygen atoms in total. The summed E-state index contributed by atoms with van der Waals surface area (Å²) in [7, 11) is 1.22. The Kier molecular flexibility index (Phi) is 5.19. The molecule has 0 aliphatic rings. The van der Waals surface area contributed by atoms with Crippen molar-refractivity contribution in [2.24, 2.45) is 0 Å². The molecule has 0 saturated heterocycles. The molecule has 1 amide bonds. The maximum atomic E-state index is 11.9. The van der Waals surface area contributed by atoms with Crippen LogP contribution in [0, 0.1) is 11.3 Å². The van der Waals surface area contributed by atoms with Crippen LogP contribution in [0.15, 0.2) is 30.5 Å². The average Bonchev–Trinajstić information content (AvgIpc) is 2.95. The molecule has 2 rings (SSSR count). The molecule has 0 unspecified atom stereocenters. The van der Waals surface area contributed by atoms with Gasteiger partial charge in [0.1, 0.15) is 6.07 Å². The minimum Gasteiger partial charge on any atom is -0.464 e. The monoisotopic (exact) mass is 328 g/mol. The highest BCUT2D eigenvalue weighted by molar-refractivity contribution is 5.96. The Morgan fingerprint density at radius 1 is 1.38 bits per heavy atom. The summed E-state index contributed by atoms with van der Waals surface area (Å²) in [6.07, 6.45) is 1.43. The number of amides is 1. The first-order valence-corrected chi connectivity index (χ1v) is 7.02. The third-order valence-corrected chi connectivity index (χ3v) is 3.35. The second kappa shape index (κ2) is 7.30. The molecule has 124 valence electrons. The lowest BCUT2D eigenvalue weighted by atomic mass is 10.2. The summed E-state index contributed by atoms with van der Waals surface area (Å²) >= 11 is 0. The number of hydrogen-bond acceptors (Lipinski definition) is 6. The number of aromatic nitrogens is 1. The van der Waals surface area contributed by atoms with E-state index in [4.69, 9.17) is 20.8 Å². The molecule has 0 aliphatic carbocycles. The molecule has 1 heterocycles. The van der Waals surface area contributed by atoms with E-state index in [-0.39, 0.29) is 36.0 Å². The van der Waals surface area contributed by atoms with E-state index in [0.29, 0.717) is 11.3 Å². The highest BCUT2D eigenvalue weighted by atomic mass is 16.5. The van der Waals surface area contributed by atoms with Gasteiger partial charge in [0, 0.05) is 24.0 Å². The Labute approximate surface area is 138 Å². The molecule has 1 aromatic heterocycles. The Morgan fingerprint density at radius 3 is 2.58 bits per heavy atom. The summed E-state index contributed by atoms with van der Waals surface area (Å²) in [4.78, 5) is 23.7. The van der Waals surface area contributed by atoms with Crippen molar-refractivity contribution in [1.29, 1.82) is 5.26 Å². The zero-order valence-corrected chi connectivity index (χ0v) is 12.9. The summed E-state index contributed by atoms with van der Waals surface area (Å²) in [5.74, 6) is -0.993. The van der Waals surface area contributed by atoms with Crippen LogP contribution in [0.4, 0.5) is 5.69 Å². The highest BCUT2D eigenvalue weighted by Crippen LogP contribution is 2.24. The number of carbonyl (C=O) groups excluding carboxylic acids is 2. The van der Waals surface area contributed by atoms with E-state index in [9.17, 15) is 9.59 Å². The van der Waals surface area contributed by atoms with Crippen molar-refractivity contribution in [3.05, 3.63) is 47.3 Å². The number of carbonyl (C=O) groups is 2. The SMILES string of the molecule is COC(=O)c1c(N)c(C#N)cn1-c1ccc(C(=O)NCCO)cc1. The minimum absolute atomic E-state index is 0.0362. The lowest BCUT2D eigenvalue weighted by molar-refractivity contribution is 0.0592. The van der Waals surface area contributed by atoms with Gasteiger partial charge in [0.05, 0.1) is 25.0 Å². The quantitative estimate of drug-likeness (QED) is 0.683. The van der Waals surface area contributed by atoms with Crippen LogP contribution < -0.4 is 11.1 Å². The van der Waals surface area contributed by atoms with Crippen LogP contribution in [-0.2, 0) is 4.74 Å². The molecule has 8 heteroatoms. The lowest BCUT2D eigenvalue weighted by Crippen LogP contribution is -2.26. The predicted molar refractivity (Wildman–Crippen MR) is 85.7 cm³/mol. The molecule has 0 fully saturated rings. The van der Waals surface area contributed by atoms with Crippen molar-refractivity contribution in [3.63, 3.8) is 0 Å². The number of aliphatic hydroxyl groups is 1. The minimum atomic E-state index is -0.668. The third kappa shape index (κ3) is 3.21. The summed E-state index contributed by atoms with van der Waals surface area (Å²) in [6.45, 7) is 0.0125. The first-order valence-electron chi connectivity index (χ1n) is 7.02. The number of esters is 1. The van der Waals surface area contributed by atoms with Crippen LogP contribution in [0.25, 0.3) is 5.69 Å². The molecular weight excluding hydrogens is 312 g/mol. The van der Waals surface area contributed by atoms with E-state index in [2.05, 4.69) is 5.32 Å². The van der Waals surface area contributed by atoms with Crippen molar-refractivity contribution in [1.82, 2.24) is 9.88 Å². The van der Waals surface area contributed by atoms with Gasteiger partial charge in [0.2, 0.25) is 0 Å². The van der Waals surface area contributed by atoms with Crippen molar-refractivity contribution in [3.8, 4) is 11.8 Å². The number of methoxy groups -OCH3 is 1. The number of aliphatic hydroxyl groups excluding tert-OH is 1. The first-order chi connectivity index (χ1) is 11.5. The summed E-state index contributed by atoms with van der Waals surface area (Å²) < 4.78 is 6.15. The molecule has 2 aromatic rings. The van der Waals surface area contributed by atoms with E-state index in [1.165, 1.54) is 17.9 Å². The fourth-order valence-corrected chi connectivity index (χ4v) is 2.16. The van der Waals surface area contributed by atoms with E-state index < -0.39 is 5.97 Å². The molecule has 24 heavy (non-hydrogen) atoms. The van der Waals surface area contributed by atoms with Crippen LogP contribution in [0.3, 0.4) is 0 Å². The number of ether oxygens (including phenoxy) is 1. The first kappa shape index (κ1) is 17.1. The molecule has 0 spiro atoms. The zero-order chi connectivity index (χ0) is 17.7. The second-order valence-corrected chi connectivity index (χ2v) is 4.80. The van der Waals surface area contributed by atoms with E-state index in [1.807, 2.05) is 6.07 Å². The fourth-order valence-electron chi connectivity index (χ4n) is 2.16. The Morgan fingerprint density at radius 2 is 2.04 bits per heavy atom. The van der Waals surface area contributed by atoms with Crippen LogP contribution in [-0.4, -0.2) is 41.8 Å². The van der Waals surface area contributed by atoms with Gasteiger partial charge in [-0.2, -0.15) is 5.26 Å². The van der Waals surface area contributed by atoms with Gasteiger partial charge < -0.3 is 25.5 Å². The third-order valence-electron chi connectivity index (χ3n) is 3.35. The fraction of sp³-hybridized carbons (Fsp3) is 0.188. The lowest BCUT2D eigenvalue weighted by Gasteiger charge is -2.09. The summed E-state index contributed by atoms with van der Waals surface area (Å²) in [5.41, 5.74) is 7.01. The number of anilines is 1. The van der Waals surface area contributed by atoms with Crippen molar-refractivity contribution in [2.75, 3.05) is 26.0 Å². The number of nitrogen functional groups attached to an aromatic ring is 1. The smallest absolute Gasteiger partial charge is 0.357 e. The van der Waals surface area contributed by atoms with Gasteiger partial charge >= 0.3 is 5.97 Å². The average molecular weight is 328 g/mol. The normalized spacial score (nSPS) is 10.0. The van der Waals surface area contributed by atoms with Crippen LogP contribution in [0.1, 0.15) is 26.4 Å². The van der Waals surface area contributed by atoms with Gasteiger partial charge in [0.15, 0.2) is 5.69 Å². The van der Waals surface area contributed by atoms with Gasteiger partial charge in [-0.05, 0) is 24.3 Å². The number of hydrogen-bond donors (Lipinski definition) is 3. The standard InChI is InChI=1S/C16H16N4O4/c1-24-16(23)14-13(18)11(8-17)9-20(14)12-4-2-10(3-5-12)15(22)19-6-7-21/h2-5,9,21H,6-7,18H2,1H3,(H,19,22). The number of nitrogens with one attached hydrogen (secondary N) is 1. The molecule has 4 N–H and O–H groups in total. The molecule has 0 aliphatic heterocycles. The Bertz CT molecular complexity index is 803. The number of nitrogens with two attached hydrogens (primary N) is 1. The number of benzene rings is 1. The second-order valence-electron chi connectivity index (χ2n) is 4.80. The van der Waals surface area contributed by atoms with Gasteiger partial charge in [-0.15, -0.1) is 0 Å². The van der Waals surface area contributed by atoms with Crippen LogP contribution in [0.2, 0.25) is 0 Å². The van der Waals surface area contributed by atoms with Crippen molar-refractivity contribution in [2.45, 2.75) is 0 Å². The van der Waals surface area contributed by atoms with Crippen LogP contribution in [0.5, 0.6) is 0 Å². The Balaban J connectivity index is 2.41. The maximum Gasteiger partial charge on any atom is 0.357 e. The summed E-state index contributed by atoms with van der Waals surface area (Å²) in [5, 5.41) is 20.3. The number of rotatable bonds is 5. The van der Waals surface area contributed by atoms with Crippen molar-refractivity contribution < 1.29 is 19.4 Å². The molecular formula is C16H16N4O4. The van der Waals surface area contributed by atoms with Gasteiger partial charge in [-0.3, -0.25) is 4.79 Å². The van der Waals surface area contributed by atoms with Gasteiger partial charge in [0.25, 0.3) is 5.91 Å². The summed E-state index contributed by atoms with van der Waals surface area (Å²) in [6, 6.07) is 8.26. The van der Waals surface area contributed by atoms with Gasteiger partial charge in [-0.25, -0.2) is 4.79 Å². The van der Waals surface area contributed by atoms with Gasteiger partial charge in [-0.1, -0.05) is 0 Å². The van der Waals surface area contributed by atoms with E-state index >= 15 is 0 Å². The zero-order valence-electron chi connectivity index (χ0n) is 12.9. The molecule has 1 aromatic carbocycles. The van der Waals surface area contributed by atoms with E-state index in [0.717, 1.165) is 0 Å².